The van der Waals surface area contributed by atoms with E-state index in [1.54, 1.807) is 0 Å². The summed E-state index contributed by atoms with van der Waals surface area (Å²) in [6, 6.07) is 19.1. The largest absolute Gasteiger partial charge is 0.118 e. The highest BCUT2D eigenvalue weighted by Crippen LogP contribution is 2.28. The zero-order valence-electron chi connectivity index (χ0n) is 12.2. The minimum Gasteiger partial charge on any atom is -0.118 e. The van der Waals surface area contributed by atoms with E-state index in [2.05, 4.69) is 55.5 Å². The number of unbranched alkanes of at least 4 members (excludes halogenated alkanes) is 3. The van der Waals surface area contributed by atoms with Crippen molar-refractivity contribution in [2.45, 2.75) is 44.4 Å². The third-order valence-corrected chi connectivity index (χ3v) is 4.16. The first-order chi connectivity index (χ1) is 9.81. The van der Waals surface area contributed by atoms with E-state index in [4.69, 9.17) is 11.6 Å². The summed E-state index contributed by atoms with van der Waals surface area (Å²) < 4.78 is 0. The van der Waals surface area contributed by atoms with E-state index in [1.165, 1.54) is 42.4 Å². The lowest BCUT2D eigenvalue weighted by Gasteiger charge is -2.10. The van der Waals surface area contributed by atoms with Crippen LogP contribution in [0.5, 0.6) is 0 Å². The van der Waals surface area contributed by atoms with Crippen LogP contribution in [-0.2, 0) is 0 Å². The first-order valence-corrected chi connectivity index (χ1v) is 8.04. The van der Waals surface area contributed by atoms with Crippen LogP contribution in [-0.4, -0.2) is 0 Å². The molecule has 1 atom stereocenters. The molecule has 0 aliphatic heterocycles. The van der Waals surface area contributed by atoms with Crippen LogP contribution >= 0.6 is 11.6 Å². The molecule has 2 aromatic rings. The van der Waals surface area contributed by atoms with Gasteiger partial charge in [-0.1, -0.05) is 87.2 Å². The second-order valence-electron chi connectivity index (χ2n) is 5.30. The van der Waals surface area contributed by atoms with Crippen molar-refractivity contribution in [1.29, 1.82) is 0 Å². The summed E-state index contributed by atoms with van der Waals surface area (Å²) in [6.07, 6.45) is 6.19. The maximum atomic E-state index is 6.48. The number of hydrogen-bond acceptors (Lipinski definition) is 0. The standard InChI is InChI=1S/C19H23Cl/c1-2-3-4-8-11-19(20)18-14-12-17(13-15-18)16-9-6-5-7-10-16/h5-7,9-10,12-15,19H,2-4,8,11H2,1H3. The van der Waals surface area contributed by atoms with Crippen LogP contribution in [0.3, 0.4) is 0 Å². The fourth-order valence-electron chi connectivity index (χ4n) is 2.43. The fourth-order valence-corrected chi connectivity index (χ4v) is 2.73. The minimum absolute atomic E-state index is 0.150. The lowest BCUT2D eigenvalue weighted by molar-refractivity contribution is 0.624. The molecule has 0 aliphatic carbocycles. The Hall–Kier alpha value is -1.27. The highest BCUT2D eigenvalue weighted by Gasteiger charge is 2.07. The first-order valence-electron chi connectivity index (χ1n) is 7.60. The van der Waals surface area contributed by atoms with Crippen molar-refractivity contribution in [2.75, 3.05) is 0 Å². The lowest BCUT2D eigenvalue weighted by atomic mass is 10.0. The Bertz CT molecular complexity index is 487. The molecular formula is C19H23Cl. The molecular weight excluding hydrogens is 264 g/mol. The highest BCUT2D eigenvalue weighted by atomic mass is 35.5. The smallest absolute Gasteiger partial charge is 0.0585 e. The molecule has 2 rings (SSSR count). The van der Waals surface area contributed by atoms with Crippen LogP contribution in [0.15, 0.2) is 54.6 Å². The van der Waals surface area contributed by atoms with Gasteiger partial charge in [0.15, 0.2) is 0 Å². The number of benzene rings is 2. The lowest BCUT2D eigenvalue weighted by Crippen LogP contribution is -1.91. The predicted octanol–water partition coefficient (Wildman–Crippen LogP) is 6.60. The fraction of sp³-hybridized carbons (Fsp3) is 0.368. The van der Waals surface area contributed by atoms with E-state index in [9.17, 15) is 0 Å². The van der Waals surface area contributed by atoms with Gasteiger partial charge in [0.1, 0.15) is 0 Å². The van der Waals surface area contributed by atoms with E-state index in [-0.39, 0.29) is 5.38 Å². The summed E-state index contributed by atoms with van der Waals surface area (Å²) in [6.45, 7) is 2.24. The second-order valence-corrected chi connectivity index (χ2v) is 5.83. The SMILES string of the molecule is CCCCCCC(Cl)c1ccc(-c2ccccc2)cc1. The summed E-state index contributed by atoms with van der Waals surface area (Å²) >= 11 is 6.48. The van der Waals surface area contributed by atoms with E-state index >= 15 is 0 Å². The molecule has 0 heterocycles. The van der Waals surface area contributed by atoms with E-state index in [1.807, 2.05) is 6.07 Å². The van der Waals surface area contributed by atoms with Crippen molar-refractivity contribution in [3.63, 3.8) is 0 Å². The number of hydrogen-bond donors (Lipinski definition) is 0. The molecule has 20 heavy (non-hydrogen) atoms. The van der Waals surface area contributed by atoms with Crippen LogP contribution in [0.4, 0.5) is 0 Å². The van der Waals surface area contributed by atoms with Gasteiger partial charge in [0.25, 0.3) is 0 Å². The molecule has 0 aromatic heterocycles. The van der Waals surface area contributed by atoms with E-state index in [0.717, 1.165) is 6.42 Å². The van der Waals surface area contributed by atoms with Gasteiger partial charge in [-0.15, -0.1) is 11.6 Å². The van der Waals surface area contributed by atoms with Crippen molar-refractivity contribution in [3.8, 4) is 11.1 Å². The molecule has 0 aliphatic rings. The number of halogens is 1. The van der Waals surface area contributed by atoms with Gasteiger partial charge in [0.05, 0.1) is 5.38 Å². The molecule has 0 radical (unpaired) electrons. The average molecular weight is 287 g/mol. The van der Waals surface area contributed by atoms with E-state index in [0.29, 0.717) is 0 Å². The van der Waals surface area contributed by atoms with Gasteiger partial charge in [0.2, 0.25) is 0 Å². The Balaban J connectivity index is 1.94. The Morgan fingerprint density at radius 2 is 1.45 bits per heavy atom. The van der Waals surface area contributed by atoms with Crippen molar-refractivity contribution in [2.24, 2.45) is 0 Å². The van der Waals surface area contributed by atoms with Crippen LogP contribution in [0.25, 0.3) is 11.1 Å². The first kappa shape index (κ1) is 15.1. The van der Waals surface area contributed by atoms with Gasteiger partial charge < -0.3 is 0 Å². The van der Waals surface area contributed by atoms with Gasteiger partial charge in [0, 0.05) is 0 Å². The van der Waals surface area contributed by atoms with Crippen molar-refractivity contribution in [1.82, 2.24) is 0 Å². The predicted molar refractivity (Wildman–Crippen MR) is 89.2 cm³/mol. The molecule has 0 nitrogen and oxygen atoms in total. The highest BCUT2D eigenvalue weighted by molar-refractivity contribution is 6.20. The zero-order chi connectivity index (χ0) is 14.2. The van der Waals surface area contributed by atoms with Crippen LogP contribution in [0, 0.1) is 0 Å². The molecule has 0 bridgehead atoms. The topological polar surface area (TPSA) is 0 Å². The number of alkyl halides is 1. The molecule has 0 saturated heterocycles. The van der Waals surface area contributed by atoms with Gasteiger partial charge in [-0.05, 0) is 23.1 Å². The van der Waals surface area contributed by atoms with Crippen molar-refractivity contribution >= 4 is 11.6 Å². The molecule has 0 spiro atoms. The molecule has 0 fully saturated rings. The molecule has 106 valence electrons. The normalized spacial score (nSPS) is 12.3. The second kappa shape index (κ2) is 8.11. The Kier molecular flexibility index (Phi) is 6.14. The van der Waals surface area contributed by atoms with Crippen LogP contribution in [0.2, 0.25) is 0 Å². The average Bonchev–Trinajstić information content (AvgIpc) is 2.52. The quantitative estimate of drug-likeness (QED) is 0.397. The van der Waals surface area contributed by atoms with Gasteiger partial charge in [-0.2, -0.15) is 0 Å². The van der Waals surface area contributed by atoms with Crippen molar-refractivity contribution < 1.29 is 0 Å². The summed E-state index contributed by atoms with van der Waals surface area (Å²) in [4.78, 5) is 0. The van der Waals surface area contributed by atoms with Crippen LogP contribution in [0.1, 0.15) is 50.0 Å². The third kappa shape index (κ3) is 4.38. The molecule has 0 amide bonds. The maximum absolute atomic E-state index is 6.48. The van der Waals surface area contributed by atoms with Gasteiger partial charge >= 0.3 is 0 Å². The number of rotatable bonds is 7. The Morgan fingerprint density at radius 1 is 0.800 bits per heavy atom. The molecule has 1 unspecified atom stereocenters. The Labute approximate surface area is 127 Å². The summed E-state index contributed by atoms with van der Waals surface area (Å²) in [5, 5.41) is 0.150. The summed E-state index contributed by atoms with van der Waals surface area (Å²) in [7, 11) is 0. The molecule has 0 saturated carbocycles. The monoisotopic (exact) mass is 286 g/mol. The summed E-state index contributed by atoms with van der Waals surface area (Å²) in [5.74, 6) is 0. The Morgan fingerprint density at radius 3 is 2.10 bits per heavy atom. The van der Waals surface area contributed by atoms with Crippen LogP contribution < -0.4 is 0 Å². The van der Waals surface area contributed by atoms with E-state index < -0.39 is 0 Å². The van der Waals surface area contributed by atoms with Gasteiger partial charge in [-0.3, -0.25) is 0 Å². The molecule has 0 N–H and O–H groups in total. The molecule has 2 aromatic carbocycles. The maximum Gasteiger partial charge on any atom is 0.0585 e. The zero-order valence-corrected chi connectivity index (χ0v) is 12.9. The minimum atomic E-state index is 0.150. The summed E-state index contributed by atoms with van der Waals surface area (Å²) in [5.41, 5.74) is 3.75. The third-order valence-electron chi connectivity index (χ3n) is 3.69. The van der Waals surface area contributed by atoms with Gasteiger partial charge in [-0.25, -0.2) is 0 Å². The van der Waals surface area contributed by atoms with Crippen molar-refractivity contribution in [3.05, 3.63) is 60.2 Å². The molecule has 1 heteroatoms.